The SMILES string of the molecule is CCCCOc1ccc(NC(=O)N(C)CCO)cc1. The smallest absolute Gasteiger partial charge is 0.321 e. The maximum Gasteiger partial charge on any atom is 0.321 e. The minimum Gasteiger partial charge on any atom is -0.494 e. The van der Waals surface area contributed by atoms with Crippen LogP contribution < -0.4 is 10.1 Å². The Hall–Kier alpha value is -1.75. The fourth-order valence-electron chi connectivity index (χ4n) is 1.44. The van der Waals surface area contributed by atoms with Crippen LogP contribution in [-0.4, -0.2) is 42.8 Å². The van der Waals surface area contributed by atoms with Gasteiger partial charge < -0.3 is 20.1 Å². The molecule has 0 unspecified atom stereocenters. The lowest BCUT2D eigenvalue weighted by molar-refractivity contribution is 0.202. The molecule has 0 saturated heterocycles. The van der Waals surface area contributed by atoms with Gasteiger partial charge in [0.05, 0.1) is 13.2 Å². The number of carbonyl (C=O) groups excluding carboxylic acids is 1. The van der Waals surface area contributed by atoms with Gasteiger partial charge in [-0.15, -0.1) is 0 Å². The molecule has 0 aliphatic heterocycles. The van der Waals surface area contributed by atoms with Crippen molar-refractivity contribution in [3.63, 3.8) is 0 Å². The second-order valence-corrected chi connectivity index (χ2v) is 4.30. The van der Waals surface area contributed by atoms with Crippen LogP contribution >= 0.6 is 0 Å². The van der Waals surface area contributed by atoms with Crippen molar-refractivity contribution in [1.82, 2.24) is 4.90 Å². The molecule has 1 rings (SSSR count). The van der Waals surface area contributed by atoms with E-state index in [1.54, 1.807) is 19.2 Å². The van der Waals surface area contributed by atoms with E-state index < -0.39 is 0 Å². The number of anilines is 1. The molecule has 0 bridgehead atoms. The molecule has 0 aromatic heterocycles. The molecule has 106 valence electrons. The molecule has 0 saturated carbocycles. The van der Waals surface area contributed by atoms with E-state index in [-0.39, 0.29) is 12.6 Å². The minimum atomic E-state index is -0.242. The van der Waals surface area contributed by atoms with Crippen molar-refractivity contribution in [2.45, 2.75) is 19.8 Å². The number of amides is 2. The summed E-state index contributed by atoms with van der Waals surface area (Å²) < 4.78 is 5.54. The van der Waals surface area contributed by atoms with Crippen LogP contribution in [0.5, 0.6) is 5.75 Å². The Labute approximate surface area is 114 Å². The second-order valence-electron chi connectivity index (χ2n) is 4.30. The van der Waals surface area contributed by atoms with Crippen LogP contribution in [0.4, 0.5) is 10.5 Å². The number of rotatable bonds is 7. The third kappa shape index (κ3) is 5.61. The van der Waals surface area contributed by atoms with Gasteiger partial charge in [0.15, 0.2) is 0 Å². The number of aliphatic hydroxyl groups is 1. The molecule has 0 aliphatic carbocycles. The molecule has 2 amide bonds. The van der Waals surface area contributed by atoms with Gasteiger partial charge >= 0.3 is 6.03 Å². The van der Waals surface area contributed by atoms with Gasteiger partial charge in [0, 0.05) is 19.3 Å². The lowest BCUT2D eigenvalue weighted by Crippen LogP contribution is -2.33. The van der Waals surface area contributed by atoms with Crippen LogP contribution in [0.25, 0.3) is 0 Å². The van der Waals surface area contributed by atoms with Crippen LogP contribution in [-0.2, 0) is 0 Å². The van der Waals surface area contributed by atoms with Crippen LogP contribution in [0.2, 0.25) is 0 Å². The largest absolute Gasteiger partial charge is 0.494 e. The zero-order valence-electron chi connectivity index (χ0n) is 11.6. The fourth-order valence-corrected chi connectivity index (χ4v) is 1.44. The molecular weight excluding hydrogens is 244 g/mol. The number of urea groups is 1. The van der Waals surface area contributed by atoms with Crippen LogP contribution in [0, 0.1) is 0 Å². The molecule has 19 heavy (non-hydrogen) atoms. The van der Waals surface area contributed by atoms with E-state index in [1.165, 1.54) is 4.90 Å². The van der Waals surface area contributed by atoms with Crippen molar-refractivity contribution in [3.8, 4) is 5.75 Å². The molecule has 2 N–H and O–H groups in total. The summed E-state index contributed by atoms with van der Waals surface area (Å²) in [5, 5.41) is 11.5. The Morgan fingerprint density at radius 1 is 1.37 bits per heavy atom. The Bertz CT molecular complexity index is 379. The van der Waals surface area contributed by atoms with Gasteiger partial charge in [-0.1, -0.05) is 13.3 Å². The first-order valence-corrected chi connectivity index (χ1v) is 6.53. The average Bonchev–Trinajstić information content (AvgIpc) is 2.41. The molecule has 5 heteroatoms. The van der Waals surface area contributed by atoms with Gasteiger partial charge in [-0.2, -0.15) is 0 Å². The normalized spacial score (nSPS) is 10.1. The van der Waals surface area contributed by atoms with Crippen LogP contribution in [0.3, 0.4) is 0 Å². The predicted molar refractivity (Wildman–Crippen MR) is 75.6 cm³/mol. The fraction of sp³-hybridized carbons (Fsp3) is 0.500. The van der Waals surface area contributed by atoms with E-state index in [2.05, 4.69) is 12.2 Å². The lowest BCUT2D eigenvalue weighted by Gasteiger charge is -2.16. The summed E-state index contributed by atoms with van der Waals surface area (Å²) in [7, 11) is 1.63. The van der Waals surface area contributed by atoms with Gasteiger partial charge in [-0.25, -0.2) is 4.79 Å². The number of carbonyl (C=O) groups is 1. The first-order valence-electron chi connectivity index (χ1n) is 6.53. The highest BCUT2D eigenvalue weighted by molar-refractivity contribution is 5.89. The van der Waals surface area contributed by atoms with Gasteiger partial charge in [-0.05, 0) is 30.7 Å². The number of hydrogen-bond acceptors (Lipinski definition) is 3. The van der Waals surface area contributed by atoms with E-state index >= 15 is 0 Å². The highest BCUT2D eigenvalue weighted by Crippen LogP contribution is 2.16. The van der Waals surface area contributed by atoms with Gasteiger partial charge in [0.25, 0.3) is 0 Å². The Morgan fingerprint density at radius 2 is 2.05 bits per heavy atom. The molecule has 0 atom stereocenters. The molecule has 0 fully saturated rings. The van der Waals surface area contributed by atoms with Crippen molar-refractivity contribution in [1.29, 1.82) is 0 Å². The summed E-state index contributed by atoms with van der Waals surface area (Å²) >= 11 is 0. The van der Waals surface area contributed by atoms with Crippen molar-refractivity contribution < 1.29 is 14.6 Å². The Kier molecular flexibility index (Phi) is 6.74. The van der Waals surface area contributed by atoms with Gasteiger partial charge in [0.2, 0.25) is 0 Å². The number of nitrogens with one attached hydrogen (secondary N) is 1. The van der Waals surface area contributed by atoms with Crippen molar-refractivity contribution >= 4 is 11.7 Å². The van der Waals surface area contributed by atoms with E-state index in [0.29, 0.717) is 18.8 Å². The molecule has 1 aromatic rings. The number of likely N-dealkylation sites (N-methyl/N-ethyl adjacent to an activating group) is 1. The lowest BCUT2D eigenvalue weighted by atomic mass is 10.3. The summed E-state index contributed by atoms with van der Waals surface area (Å²) in [4.78, 5) is 13.1. The Morgan fingerprint density at radius 3 is 2.63 bits per heavy atom. The number of ether oxygens (including phenoxy) is 1. The standard InChI is InChI=1S/C14H22N2O3/c1-3-4-11-19-13-7-5-12(6-8-13)15-14(18)16(2)9-10-17/h5-8,17H,3-4,9-11H2,1-2H3,(H,15,18). The summed E-state index contributed by atoms with van der Waals surface area (Å²) in [6.07, 6.45) is 2.13. The predicted octanol–water partition coefficient (Wildman–Crippen LogP) is 2.32. The molecule has 0 heterocycles. The quantitative estimate of drug-likeness (QED) is 0.744. The van der Waals surface area contributed by atoms with Gasteiger partial charge in [0.1, 0.15) is 5.75 Å². The van der Waals surface area contributed by atoms with Crippen molar-refractivity contribution in [2.24, 2.45) is 0 Å². The Balaban J connectivity index is 2.45. The van der Waals surface area contributed by atoms with E-state index in [0.717, 1.165) is 18.6 Å². The minimum absolute atomic E-state index is 0.0475. The van der Waals surface area contributed by atoms with E-state index in [9.17, 15) is 4.79 Å². The summed E-state index contributed by atoms with van der Waals surface area (Å²) in [5.41, 5.74) is 0.706. The molecule has 5 nitrogen and oxygen atoms in total. The number of nitrogens with zero attached hydrogens (tertiary/aromatic N) is 1. The maximum absolute atomic E-state index is 11.7. The van der Waals surface area contributed by atoms with Crippen molar-refractivity contribution in [3.05, 3.63) is 24.3 Å². The molecular formula is C14H22N2O3. The topological polar surface area (TPSA) is 61.8 Å². The van der Waals surface area contributed by atoms with Crippen molar-refractivity contribution in [2.75, 3.05) is 32.1 Å². The van der Waals surface area contributed by atoms with E-state index in [4.69, 9.17) is 9.84 Å². The number of hydrogen-bond donors (Lipinski definition) is 2. The zero-order chi connectivity index (χ0) is 14.1. The van der Waals surface area contributed by atoms with Gasteiger partial charge in [-0.3, -0.25) is 0 Å². The molecule has 0 aliphatic rings. The highest BCUT2D eigenvalue weighted by Gasteiger charge is 2.07. The summed E-state index contributed by atoms with van der Waals surface area (Å²) in [5.74, 6) is 0.801. The summed E-state index contributed by atoms with van der Waals surface area (Å²) in [6, 6.07) is 7.01. The number of aliphatic hydroxyl groups excluding tert-OH is 1. The molecule has 0 radical (unpaired) electrons. The monoisotopic (exact) mass is 266 g/mol. The highest BCUT2D eigenvalue weighted by atomic mass is 16.5. The third-order valence-electron chi connectivity index (χ3n) is 2.65. The van der Waals surface area contributed by atoms with Crippen LogP contribution in [0.15, 0.2) is 24.3 Å². The third-order valence-corrected chi connectivity index (χ3v) is 2.65. The second kappa shape index (κ2) is 8.37. The molecule has 0 spiro atoms. The number of benzene rings is 1. The number of unbranched alkanes of at least 4 members (excludes halogenated alkanes) is 1. The zero-order valence-corrected chi connectivity index (χ0v) is 11.6. The maximum atomic E-state index is 11.7. The average molecular weight is 266 g/mol. The first kappa shape index (κ1) is 15.3. The molecule has 1 aromatic carbocycles. The summed E-state index contributed by atoms with van der Waals surface area (Å²) in [6.45, 7) is 3.09. The van der Waals surface area contributed by atoms with E-state index in [1.807, 2.05) is 12.1 Å². The first-order chi connectivity index (χ1) is 9.17. The van der Waals surface area contributed by atoms with Crippen LogP contribution in [0.1, 0.15) is 19.8 Å².